The minimum atomic E-state index is -0.196. The van der Waals surface area contributed by atoms with E-state index in [1.807, 2.05) is 0 Å². The Hall–Kier alpha value is -2.02. The van der Waals surface area contributed by atoms with Gasteiger partial charge in [0, 0.05) is 18.0 Å². The molecular formula is C12H13BrN4O2. The van der Waals surface area contributed by atoms with Crippen LogP contribution >= 0.6 is 15.9 Å². The molecule has 0 saturated heterocycles. The van der Waals surface area contributed by atoms with Gasteiger partial charge in [0.15, 0.2) is 0 Å². The van der Waals surface area contributed by atoms with E-state index in [4.69, 9.17) is 10.5 Å². The summed E-state index contributed by atoms with van der Waals surface area (Å²) in [5.41, 5.74) is 6.80. The smallest absolute Gasteiger partial charge is 0.246 e. The standard InChI is InChI=1S/C12H13BrN4O2/c1-19-11-4-9(14)2-3-10(11)16-12(18)7-17-6-8(13)5-15-17/h2-6H,7,14H2,1H3,(H,16,18). The van der Waals surface area contributed by atoms with Crippen LogP contribution in [-0.4, -0.2) is 22.8 Å². The highest BCUT2D eigenvalue weighted by Gasteiger charge is 2.09. The maximum atomic E-state index is 11.9. The van der Waals surface area contributed by atoms with E-state index in [0.29, 0.717) is 17.1 Å². The van der Waals surface area contributed by atoms with Crippen LogP contribution < -0.4 is 15.8 Å². The van der Waals surface area contributed by atoms with Crippen molar-refractivity contribution in [3.8, 4) is 5.75 Å². The second-order valence-electron chi connectivity index (χ2n) is 3.86. The molecule has 0 aliphatic carbocycles. The molecule has 1 heterocycles. The van der Waals surface area contributed by atoms with Gasteiger partial charge < -0.3 is 15.8 Å². The quantitative estimate of drug-likeness (QED) is 0.841. The number of anilines is 2. The summed E-state index contributed by atoms with van der Waals surface area (Å²) in [4.78, 5) is 11.9. The number of amides is 1. The Morgan fingerprint density at radius 2 is 2.37 bits per heavy atom. The molecule has 1 amide bonds. The predicted octanol–water partition coefficient (Wildman–Crippen LogP) is 1.88. The van der Waals surface area contributed by atoms with Crippen molar-refractivity contribution in [1.29, 1.82) is 0 Å². The Morgan fingerprint density at radius 1 is 1.58 bits per heavy atom. The van der Waals surface area contributed by atoms with Crippen molar-refractivity contribution in [1.82, 2.24) is 9.78 Å². The third kappa shape index (κ3) is 3.47. The highest BCUT2D eigenvalue weighted by Crippen LogP contribution is 2.26. The molecular weight excluding hydrogens is 312 g/mol. The summed E-state index contributed by atoms with van der Waals surface area (Å²) < 4.78 is 7.51. The molecule has 100 valence electrons. The number of hydrogen-bond donors (Lipinski definition) is 2. The normalized spacial score (nSPS) is 10.2. The van der Waals surface area contributed by atoms with E-state index in [1.54, 1.807) is 30.6 Å². The van der Waals surface area contributed by atoms with Crippen LogP contribution in [0.4, 0.5) is 11.4 Å². The largest absolute Gasteiger partial charge is 0.494 e. The molecule has 0 aliphatic rings. The summed E-state index contributed by atoms with van der Waals surface area (Å²) in [5, 5.41) is 6.76. The van der Waals surface area contributed by atoms with Crippen LogP contribution in [0.3, 0.4) is 0 Å². The van der Waals surface area contributed by atoms with E-state index in [0.717, 1.165) is 4.47 Å². The molecule has 0 saturated carbocycles. The van der Waals surface area contributed by atoms with Crippen LogP contribution in [-0.2, 0) is 11.3 Å². The van der Waals surface area contributed by atoms with Crippen molar-refractivity contribution < 1.29 is 9.53 Å². The minimum Gasteiger partial charge on any atom is -0.494 e. The molecule has 7 heteroatoms. The lowest BCUT2D eigenvalue weighted by atomic mass is 10.2. The number of rotatable bonds is 4. The van der Waals surface area contributed by atoms with Gasteiger partial charge in [-0.15, -0.1) is 0 Å². The summed E-state index contributed by atoms with van der Waals surface area (Å²) in [6, 6.07) is 5.05. The first-order chi connectivity index (χ1) is 9.08. The Bertz CT molecular complexity index is 597. The number of carbonyl (C=O) groups excluding carboxylic acids is 1. The van der Waals surface area contributed by atoms with Crippen LogP contribution in [0.2, 0.25) is 0 Å². The van der Waals surface area contributed by atoms with E-state index in [2.05, 4.69) is 26.3 Å². The van der Waals surface area contributed by atoms with Gasteiger partial charge in [0.2, 0.25) is 5.91 Å². The maximum Gasteiger partial charge on any atom is 0.246 e. The molecule has 0 bridgehead atoms. The fourth-order valence-corrected chi connectivity index (χ4v) is 1.90. The van der Waals surface area contributed by atoms with E-state index in [-0.39, 0.29) is 12.5 Å². The summed E-state index contributed by atoms with van der Waals surface area (Å²) in [6.45, 7) is 0.124. The van der Waals surface area contributed by atoms with Crippen molar-refractivity contribution in [2.45, 2.75) is 6.54 Å². The van der Waals surface area contributed by atoms with Gasteiger partial charge in [0.25, 0.3) is 0 Å². The van der Waals surface area contributed by atoms with Gasteiger partial charge in [-0.05, 0) is 28.1 Å². The van der Waals surface area contributed by atoms with Crippen molar-refractivity contribution in [2.24, 2.45) is 0 Å². The molecule has 0 spiro atoms. The number of ether oxygens (including phenoxy) is 1. The SMILES string of the molecule is COc1cc(N)ccc1NC(=O)Cn1cc(Br)cn1. The number of carbonyl (C=O) groups is 1. The second kappa shape index (κ2) is 5.75. The van der Waals surface area contributed by atoms with Crippen molar-refractivity contribution in [3.63, 3.8) is 0 Å². The molecule has 1 aromatic heterocycles. The maximum absolute atomic E-state index is 11.9. The van der Waals surface area contributed by atoms with E-state index >= 15 is 0 Å². The average Bonchev–Trinajstić information content (AvgIpc) is 2.76. The molecule has 6 nitrogen and oxygen atoms in total. The monoisotopic (exact) mass is 324 g/mol. The van der Waals surface area contributed by atoms with E-state index in [9.17, 15) is 4.79 Å². The fraction of sp³-hybridized carbons (Fsp3) is 0.167. The Kier molecular flexibility index (Phi) is 4.06. The first-order valence-electron chi connectivity index (χ1n) is 5.50. The number of benzene rings is 1. The number of methoxy groups -OCH3 is 1. The molecule has 1 aromatic carbocycles. The number of nitrogen functional groups attached to an aromatic ring is 1. The summed E-state index contributed by atoms with van der Waals surface area (Å²) in [6.07, 6.45) is 3.34. The molecule has 0 aliphatic heterocycles. The summed E-state index contributed by atoms with van der Waals surface area (Å²) in [5.74, 6) is 0.327. The van der Waals surface area contributed by atoms with Crippen LogP contribution in [0.5, 0.6) is 5.75 Å². The van der Waals surface area contributed by atoms with Crippen molar-refractivity contribution in [2.75, 3.05) is 18.2 Å². The summed E-state index contributed by atoms with van der Waals surface area (Å²) in [7, 11) is 1.52. The van der Waals surface area contributed by atoms with Gasteiger partial charge in [0.1, 0.15) is 12.3 Å². The number of hydrogen-bond acceptors (Lipinski definition) is 4. The third-order valence-electron chi connectivity index (χ3n) is 2.41. The number of aromatic nitrogens is 2. The zero-order valence-corrected chi connectivity index (χ0v) is 11.8. The van der Waals surface area contributed by atoms with Gasteiger partial charge in [-0.1, -0.05) is 0 Å². The fourth-order valence-electron chi connectivity index (χ4n) is 1.57. The van der Waals surface area contributed by atoms with Crippen LogP contribution in [0, 0.1) is 0 Å². The Balaban J connectivity index is 2.06. The molecule has 2 aromatic rings. The van der Waals surface area contributed by atoms with Crippen molar-refractivity contribution >= 4 is 33.2 Å². The molecule has 3 N–H and O–H groups in total. The first kappa shape index (κ1) is 13.4. The van der Waals surface area contributed by atoms with Gasteiger partial charge in [-0.2, -0.15) is 5.10 Å². The van der Waals surface area contributed by atoms with Crippen LogP contribution in [0.15, 0.2) is 35.1 Å². The number of halogens is 1. The van der Waals surface area contributed by atoms with Crippen LogP contribution in [0.1, 0.15) is 0 Å². The first-order valence-corrected chi connectivity index (χ1v) is 6.29. The molecule has 0 radical (unpaired) electrons. The zero-order chi connectivity index (χ0) is 13.8. The number of nitrogens with one attached hydrogen (secondary N) is 1. The lowest BCUT2D eigenvalue weighted by Gasteiger charge is -2.10. The molecule has 0 unspecified atom stereocenters. The Morgan fingerprint density at radius 3 is 3.00 bits per heavy atom. The number of nitrogens with zero attached hydrogens (tertiary/aromatic N) is 2. The molecule has 0 atom stereocenters. The lowest BCUT2D eigenvalue weighted by Crippen LogP contribution is -2.19. The van der Waals surface area contributed by atoms with Gasteiger partial charge in [0.05, 0.1) is 23.5 Å². The van der Waals surface area contributed by atoms with E-state index in [1.165, 1.54) is 11.8 Å². The van der Waals surface area contributed by atoms with Crippen molar-refractivity contribution in [3.05, 3.63) is 35.1 Å². The second-order valence-corrected chi connectivity index (χ2v) is 4.78. The number of nitrogens with two attached hydrogens (primary N) is 1. The minimum absolute atomic E-state index is 0.124. The lowest BCUT2D eigenvalue weighted by molar-refractivity contribution is -0.116. The molecule has 2 rings (SSSR count). The Labute approximate surface area is 118 Å². The third-order valence-corrected chi connectivity index (χ3v) is 2.82. The van der Waals surface area contributed by atoms with Gasteiger partial charge in [-0.25, -0.2) is 0 Å². The van der Waals surface area contributed by atoms with Gasteiger partial charge in [-0.3, -0.25) is 9.48 Å². The zero-order valence-electron chi connectivity index (χ0n) is 10.3. The predicted molar refractivity (Wildman–Crippen MR) is 76.0 cm³/mol. The average molecular weight is 325 g/mol. The highest BCUT2D eigenvalue weighted by atomic mass is 79.9. The van der Waals surface area contributed by atoms with Gasteiger partial charge >= 0.3 is 0 Å². The summed E-state index contributed by atoms with van der Waals surface area (Å²) >= 11 is 3.27. The highest BCUT2D eigenvalue weighted by molar-refractivity contribution is 9.10. The topological polar surface area (TPSA) is 82.2 Å². The molecule has 0 fully saturated rings. The van der Waals surface area contributed by atoms with E-state index < -0.39 is 0 Å². The van der Waals surface area contributed by atoms with Crippen LogP contribution in [0.25, 0.3) is 0 Å². The molecule has 19 heavy (non-hydrogen) atoms.